The molecule has 3 aromatic rings. The molecule has 0 unspecified atom stereocenters. The third kappa shape index (κ3) is 3.48. The molecule has 0 saturated heterocycles. The van der Waals surface area contributed by atoms with Crippen LogP contribution in [0.25, 0.3) is 5.57 Å². The summed E-state index contributed by atoms with van der Waals surface area (Å²) in [5.41, 5.74) is 3.45. The molecule has 1 heterocycles. The van der Waals surface area contributed by atoms with Gasteiger partial charge in [0.15, 0.2) is 11.6 Å². The van der Waals surface area contributed by atoms with E-state index in [2.05, 4.69) is 5.32 Å². The molecule has 4 nitrogen and oxygen atoms in total. The number of hydrogen-bond donors (Lipinski definition) is 1. The topological polar surface area (TPSA) is 49.4 Å². The highest BCUT2D eigenvalue weighted by Crippen LogP contribution is 2.34. The monoisotopic (exact) mass is 404 g/mol. The lowest BCUT2D eigenvalue weighted by molar-refractivity contribution is -0.120. The van der Waals surface area contributed by atoms with Crippen molar-refractivity contribution in [2.45, 2.75) is 13.8 Å². The third-order valence-electron chi connectivity index (χ3n) is 4.91. The SMILES string of the molecule is Cc1ccc(NC2=C(c3ccc(C)cc3)C(=O)N(c3ccc(F)c(F)c3)C2=O)cc1. The van der Waals surface area contributed by atoms with Crippen LogP contribution in [0.15, 0.2) is 72.4 Å². The molecule has 0 aromatic heterocycles. The average Bonchev–Trinajstić information content (AvgIpc) is 2.96. The molecule has 0 bridgehead atoms. The molecule has 0 saturated carbocycles. The standard InChI is InChI=1S/C24H18F2N2O2/c1-14-3-7-16(8-4-14)21-22(27-17-9-5-15(2)6-10-17)24(30)28(23(21)29)18-11-12-19(25)20(26)13-18/h3-13,27H,1-2H3. The van der Waals surface area contributed by atoms with Crippen LogP contribution in [0.4, 0.5) is 20.2 Å². The number of imide groups is 1. The van der Waals surface area contributed by atoms with E-state index >= 15 is 0 Å². The molecule has 0 aliphatic carbocycles. The maximum absolute atomic E-state index is 13.8. The first-order chi connectivity index (χ1) is 14.3. The van der Waals surface area contributed by atoms with Crippen molar-refractivity contribution in [3.8, 4) is 0 Å². The maximum Gasteiger partial charge on any atom is 0.282 e. The molecule has 6 heteroatoms. The van der Waals surface area contributed by atoms with Gasteiger partial charge in [-0.3, -0.25) is 9.59 Å². The normalized spacial score (nSPS) is 13.9. The summed E-state index contributed by atoms with van der Waals surface area (Å²) in [4.78, 5) is 27.3. The fourth-order valence-corrected chi connectivity index (χ4v) is 3.27. The molecule has 150 valence electrons. The molecule has 0 spiro atoms. The van der Waals surface area contributed by atoms with Gasteiger partial charge in [-0.15, -0.1) is 0 Å². The van der Waals surface area contributed by atoms with E-state index < -0.39 is 23.4 Å². The lowest BCUT2D eigenvalue weighted by atomic mass is 10.0. The van der Waals surface area contributed by atoms with E-state index in [0.717, 1.165) is 28.2 Å². The van der Waals surface area contributed by atoms with Crippen molar-refractivity contribution in [2.75, 3.05) is 10.2 Å². The van der Waals surface area contributed by atoms with E-state index in [1.807, 2.05) is 38.1 Å². The molecule has 1 N–H and O–H groups in total. The molecule has 1 aliphatic rings. The second kappa shape index (κ2) is 7.55. The summed E-state index contributed by atoms with van der Waals surface area (Å²) in [7, 11) is 0. The predicted molar refractivity (Wildman–Crippen MR) is 112 cm³/mol. The molecule has 0 radical (unpaired) electrons. The zero-order valence-corrected chi connectivity index (χ0v) is 16.4. The molecular weight excluding hydrogens is 386 g/mol. The zero-order chi connectivity index (χ0) is 21.4. The quantitative estimate of drug-likeness (QED) is 0.624. The van der Waals surface area contributed by atoms with Crippen LogP contribution in [0, 0.1) is 25.5 Å². The molecule has 30 heavy (non-hydrogen) atoms. The number of hydrogen-bond acceptors (Lipinski definition) is 3. The molecular formula is C24H18F2N2O2. The number of anilines is 2. The van der Waals surface area contributed by atoms with Gasteiger partial charge in [0.1, 0.15) is 5.70 Å². The number of aryl methyl sites for hydroxylation is 2. The van der Waals surface area contributed by atoms with Crippen LogP contribution in [-0.2, 0) is 9.59 Å². The van der Waals surface area contributed by atoms with Crippen LogP contribution in [0.1, 0.15) is 16.7 Å². The van der Waals surface area contributed by atoms with Crippen LogP contribution in [0.2, 0.25) is 0 Å². The number of nitrogens with one attached hydrogen (secondary N) is 1. The minimum atomic E-state index is -1.13. The Morgan fingerprint density at radius 3 is 1.93 bits per heavy atom. The zero-order valence-electron chi connectivity index (χ0n) is 16.4. The predicted octanol–water partition coefficient (Wildman–Crippen LogP) is 4.98. The summed E-state index contributed by atoms with van der Waals surface area (Å²) in [5.74, 6) is -3.43. The lowest BCUT2D eigenvalue weighted by Gasteiger charge is -2.15. The van der Waals surface area contributed by atoms with E-state index in [1.54, 1.807) is 24.3 Å². The Morgan fingerprint density at radius 1 is 0.733 bits per heavy atom. The first kappa shape index (κ1) is 19.5. The van der Waals surface area contributed by atoms with E-state index in [1.165, 1.54) is 6.07 Å². The molecule has 4 rings (SSSR count). The van der Waals surface area contributed by atoms with E-state index in [-0.39, 0.29) is 17.0 Å². The number of carbonyl (C=O) groups is 2. The Balaban J connectivity index is 1.82. The number of nitrogens with zero attached hydrogens (tertiary/aromatic N) is 1. The van der Waals surface area contributed by atoms with Gasteiger partial charge in [-0.05, 0) is 43.7 Å². The maximum atomic E-state index is 13.8. The highest BCUT2D eigenvalue weighted by Gasteiger charge is 2.40. The molecule has 1 aliphatic heterocycles. The Bertz CT molecular complexity index is 1180. The van der Waals surface area contributed by atoms with Gasteiger partial charge in [0, 0.05) is 11.8 Å². The Hall–Kier alpha value is -3.80. The van der Waals surface area contributed by atoms with Crippen LogP contribution in [0.3, 0.4) is 0 Å². The van der Waals surface area contributed by atoms with Crippen molar-refractivity contribution in [1.29, 1.82) is 0 Å². The fourth-order valence-electron chi connectivity index (χ4n) is 3.27. The van der Waals surface area contributed by atoms with Gasteiger partial charge in [-0.1, -0.05) is 47.5 Å². The summed E-state index contributed by atoms with van der Waals surface area (Å²) < 4.78 is 27.1. The van der Waals surface area contributed by atoms with Gasteiger partial charge in [0.25, 0.3) is 11.8 Å². The minimum Gasteiger partial charge on any atom is -0.350 e. The van der Waals surface area contributed by atoms with Crippen molar-refractivity contribution in [3.05, 3.63) is 101 Å². The second-order valence-electron chi connectivity index (χ2n) is 7.15. The summed E-state index contributed by atoms with van der Waals surface area (Å²) in [6.45, 7) is 3.86. The first-order valence-corrected chi connectivity index (χ1v) is 9.34. The average molecular weight is 404 g/mol. The lowest BCUT2D eigenvalue weighted by Crippen LogP contribution is -2.32. The van der Waals surface area contributed by atoms with Crippen molar-refractivity contribution in [2.24, 2.45) is 0 Å². The summed E-state index contributed by atoms with van der Waals surface area (Å²) in [6.07, 6.45) is 0. The number of rotatable bonds is 4. The summed E-state index contributed by atoms with van der Waals surface area (Å²) in [5, 5.41) is 3.04. The fraction of sp³-hybridized carbons (Fsp3) is 0.0833. The van der Waals surface area contributed by atoms with Crippen LogP contribution < -0.4 is 10.2 Å². The van der Waals surface area contributed by atoms with Crippen LogP contribution in [0.5, 0.6) is 0 Å². The summed E-state index contributed by atoms with van der Waals surface area (Å²) >= 11 is 0. The van der Waals surface area contributed by atoms with Gasteiger partial charge in [-0.2, -0.15) is 0 Å². The second-order valence-corrected chi connectivity index (χ2v) is 7.15. The Morgan fingerprint density at radius 2 is 1.33 bits per heavy atom. The molecule has 0 fully saturated rings. The van der Waals surface area contributed by atoms with Gasteiger partial charge in [0.2, 0.25) is 0 Å². The molecule has 3 aromatic carbocycles. The van der Waals surface area contributed by atoms with Crippen molar-refractivity contribution in [1.82, 2.24) is 0 Å². The van der Waals surface area contributed by atoms with Crippen molar-refractivity contribution < 1.29 is 18.4 Å². The van der Waals surface area contributed by atoms with Gasteiger partial charge >= 0.3 is 0 Å². The number of amides is 2. The van der Waals surface area contributed by atoms with E-state index in [4.69, 9.17) is 0 Å². The summed E-state index contributed by atoms with van der Waals surface area (Å²) in [6, 6.07) is 17.5. The van der Waals surface area contributed by atoms with Crippen LogP contribution >= 0.6 is 0 Å². The van der Waals surface area contributed by atoms with Crippen LogP contribution in [-0.4, -0.2) is 11.8 Å². The number of halogens is 2. The van der Waals surface area contributed by atoms with Crippen molar-refractivity contribution >= 4 is 28.8 Å². The first-order valence-electron chi connectivity index (χ1n) is 9.34. The largest absolute Gasteiger partial charge is 0.350 e. The molecule has 0 atom stereocenters. The third-order valence-corrected chi connectivity index (χ3v) is 4.91. The van der Waals surface area contributed by atoms with Gasteiger partial charge in [0.05, 0.1) is 11.3 Å². The molecule has 2 amide bonds. The van der Waals surface area contributed by atoms with Crippen molar-refractivity contribution in [3.63, 3.8) is 0 Å². The smallest absolute Gasteiger partial charge is 0.282 e. The number of carbonyl (C=O) groups excluding carboxylic acids is 2. The number of benzene rings is 3. The minimum absolute atomic E-state index is 0.0331. The van der Waals surface area contributed by atoms with Gasteiger partial charge in [-0.25, -0.2) is 13.7 Å². The Labute approximate surface area is 172 Å². The Kier molecular flexibility index (Phi) is 4.91. The highest BCUT2D eigenvalue weighted by molar-refractivity contribution is 6.46. The van der Waals surface area contributed by atoms with E-state index in [0.29, 0.717) is 11.3 Å². The van der Waals surface area contributed by atoms with E-state index in [9.17, 15) is 18.4 Å². The highest BCUT2D eigenvalue weighted by atomic mass is 19.2. The van der Waals surface area contributed by atoms with Gasteiger partial charge < -0.3 is 5.32 Å².